The molecule has 0 radical (unpaired) electrons. The fourth-order valence-corrected chi connectivity index (χ4v) is 1.48. The minimum atomic E-state index is -0.180. The molecule has 66 valence electrons. The molecule has 2 nitrogen and oxygen atoms in total. The largest absolute Gasteiger partial charge is 0.322 e. The number of hydrogen-bond acceptors (Lipinski definition) is 1. The molecule has 0 unspecified atom stereocenters. The van der Waals surface area contributed by atoms with Crippen LogP contribution in [-0.2, 0) is 0 Å². The summed E-state index contributed by atoms with van der Waals surface area (Å²) in [5, 5.41) is 0. The summed E-state index contributed by atoms with van der Waals surface area (Å²) in [6.45, 7) is 4.92. The zero-order chi connectivity index (χ0) is 8.32. The van der Waals surface area contributed by atoms with Crippen molar-refractivity contribution in [2.24, 2.45) is 0 Å². The standard InChI is InChI=1S/C8H18FN2/c1-10-4-7-11(2,6-3-9)8-5-10/h3-8H2,1-2H3/q+1. The fourth-order valence-electron chi connectivity index (χ4n) is 1.48. The Morgan fingerprint density at radius 3 is 2.36 bits per heavy atom. The molecule has 3 heteroatoms. The van der Waals surface area contributed by atoms with Crippen LogP contribution in [0.2, 0.25) is 0 Å². The molecule has 0 amide bonds. The molecule has 1 saturated heterocycles. The molecule has 0 bridgehead atoms. The van der Waals surface area contributed by atoms with Gasteiger partial charge in [0.25, 0.3) is 0 Å². The summed E-state index contributed by atoms with van der Waals surface area (Å²) in [5.41, 5.74) is 0. The third kappa shape index (κ3) is 2.42. The minimum absolute atomic E-state index is 0.180. The number of hydrogen-bond donors (Lipinski definition) is 0. The molecule has 0 aromatic rings. The monoisotopic (exact) mass is 161 g/mol. The summed E-state index contributed by atoms with van der Waals surface area (Å²) in [7, 11) is 4.27. The number of rotatable bonds is 2. The zero-order valence-electron chi connectivity index (χ0n) is 7.52. The smallest absolute Gasteiger partial charge is 0.138 e. The third-order valence-corrected chi connectivity index (χ3v) is 2.67. The van der Waals surface area contributed by atoms with Crippen molar-refractivity contribution in [1.82, 2.24) is 4.90 Å². The van der Waals surface area contributed by atoms with Crippen LogP contribution in [0.4, 0.5) is 4.39 Å². The third-order valence-electron chi connectivity index (χ3n) is 2.67. The first-order chi connectivity index (χ1) is 5.16. The van der Waals surface area contributed by atoms with E-state index in [1.165, 1.54) is 0 Å². The van der Waals surface area contributed by atoms with E-state index in [1.807, 2.05) is 0 Å². The van der Waals surface area contributed by atoms with Crippen LogP contribution in [0.25, 0.3) is 0 Å². The minimum Gasteiger partial charge on any atom is -0.322 e. The second-order valence-electron chi connectivity index (χ2n) is 3.78. The van der Waals surface area contributed by atoms with Crippen molar-refractivity contribution in [2.45, 2.75) is 0 Å². The molecular formula is C8H18FN2+. The molecule has 11 heavy (non-hydrogen) atoms. The van der Waals surface area contributed by atoms with E-state index in [-0.39, 0.29) is 6.67 Å². The highest BCUT2D eigenvalue weighted by Gasteiger charge is 2.26. The van der Waals surface area contributed by atoms with E-state index in [0.717, 1.165) is 30.7 Å². The normalized spacial score (nSPS) is 25.4. The summed E-state index contributed by atoms with van der Waals surface area (Å²) in [5.74, 6) is 0. The molecule has 0 spiro atoms. The topological polar surface area (TPSA) is 3.24 Å². The maximum absolute atomic E-state index is 12.1. The lowest BCUT2D eigenvalue weighted by atomic mass is 10.3. The molecule has 0 aromatic carbocycles. The highest BCUT2D eigenvalue weighted by molar-refractivity contribution is 4.57. The molecule has 0 aliphatic carbocycles. The van der Waals surface area contributed by atoms with E-state index in [1.54, 1.807) is 0 Å². The Hall–Kier alpha value is -0.150. The van der Waals surface area contributed by atoms with E-state index in [9.17, 15) is 4.39 Å². The Morgan fingerprint density at radius 2 is 1.91 bits per heavy atom. The van der Waals surface area contributed by atoms with Gasteiger partial charge in [-0.25, -0.2) is 4.39 Å². The van der Waals surface area contributed by atoms with Crippen LogP contribution >= 0.6 is 0 Å². The molecule has 1 rings (SSSR count). The van der Waals surface area contributed by atoms with Gasteiger partial charge in [-0.05, 0) is 7.05 Å². The summed E-state index contributed by atoms with van der Waals surface area (Å²) in [4.78, 5) is 2.30. The predicted octanol–water partition coefficient (Wildman–Crippen LogP) is 0.348. The van der Waals surface area contributed by atoms with Crippen LogP contribution in [0, 0.1) is 0 Å². The first-order valence-electron chi connectivity index (χ1n) is 4.24. The highest BCUT2D eigenvalue weighted by Crippen LogP contribution is 2.07. The first kappa shape index (κ1) is 8.94. The quantitative estimate of drug-likeness (QED) is 0.528. The Morgan fingerprint density at radius 1 is 1.36 bits per heavy atom. The maximum Gasteiger partial charge on any atom is 0.138 e. The van der Waals surface area contributed by atoms with E-state index < -0.39 is 0 Å². The molecule has 0 saturated carbocycles. The number of piperazine rings is 1. The van der Waals surface area contributed by atoms with Crippen molar-refractivity contribution in [3.63, 3.8) is 0 Å². The number of likely N-dealkylation sites (N-methyl/N-ethyl adjacent to an activating group) is 2. The van der Waals surface area contributed by atoms with Gasteiger partial charge in [0.2, 0.25) is 0 Å². The number of halogens is 1. The van der Waals surface area contributed by atoms with Gasteiger partial charge in [-0.3, -0.25) is 4.90 Å². The predicted molar refractivity (Wildman–Crippen MR) is 44.3 cm³/mol. The molecule has 1 aliphatic heterocycles. The van der Waals surface area contributed by atoms with Crippen molar-refractivity contribution in [3.05, 3.63) is 0 Å². The van der Waals surface area contributed by atoms with Gasteiger partial charge in [0.05, 0.1) is 20.1 Å². The lowest BCUT2D eigenvalue weighted by Crippen LogP contribution is -2.57. The second-order valence-corrected chi connectivity index (χ2v) is 3.78. The van der Waals surface area contributed by atoms with Crippen molar-refractivity contribution >= 4 is 0 Å². The number of nitrogens with zero attached hydrogens (tertiary/aromatic N) is 2. The fraction of sp³-hybridized carbons (Fsp3) is 1.00. The first-order valence-corrected chi connectivity index (χ1v) is 4.24. The Labute approximate surface area is 68.2 Å². The van der Waals surface area contributed by atoms with Gasteiger partial charge in [-0.2, -0.15) is 0 Å². The van der Waals surface area contributed by atoms with Gasteiger partial charge in [-0.1, -0.05) is 0 Å². The maximum atomic E-state index is 12.1. The van der Waals surface area contributed by atoms with Gasteiger partial charge in [-0.15, -0.1) is 0 Å². The lowest BCUT2D eigenvalue weighted by Gasteiger charge is -2.40. The molecule has 0 N–H and O–H groups in total. The van der Waals surface area contributed by atoms with E-state index in [2.05, 4.69) is 19.0 Å². The van der Waals surface area contributed by atoms with Gasteiger partial charge < -0.3 is 4.48 Å². The van der Waals surface area contributed by atoms with Gasteiger partial charge in [0.15, 0.2) is 0 Å². The van der Waals surface area contributed by atoms with Gasteiger partial charge >= 0.3 is 0 Å². The van der Waals surface area contributed by atoms with Crippen LogP contribution in [0.1, 0.15) is 0 Å². The molecule has 1 aliphatic rings. The van der Waals surface area contributed by atoms with Gasteiger partial charge in [0.1, 0.15) is 13.2 Å². The molecule has 1 heterocycles. The van der Waals surface area contributed by atoms with Crippen LogP contribution in [0.5, 0.6) is 0 Å². The molecule has 0 aromatic heterocycles. The summed E-state index contributed by atoms with van der Waals surface area (Å²) >= 11 is 0. The van der Waals surface area contributed by atoms with Crippen LogP contribution in [-0.4, -0.2) is 62.9 Å². The van der Waals surface area contributed by atoms with Gasteiger partial charge in [0, 0.05) is 13.1 Å². The highest BCUT2D eigenvalue weighted by atomic mass is 19.1. The average molecular weight is 161 g/mol. The van der Waals surface area contributed by atoms with Crippen LogP contribution < -0.4 is 0 Å². The van der Waals surface area contributed by atoms with Crippen molar-refractivity contribution in [2.75, 3.05) is 53.5 Å². The van der Waals surface area contributed by atoms with Crippen molar-refractivity contribution in [3.8, 4) is 0 Å². The Bertz CT molecular complexity index is 119. The summed E-state index contributed by atoms with van der Waals surface area (Å²) in [6.07, 6.45) is 0. The van der Waals surface area contributed by atoms with E-state index in [0.29, 0.717) is 6.54 Å². The lowest BCUT2D eigenvalue weighted by molar-refractivity contribution is -0.913. The molecule has 0 atom stereocenters. The molecule has 1 fully saturated rings. The van der Waals surface area contributed by atoms with Crippen molar-refractivity contribution < 1.29 is 8.87 Å². The Kier molecular flexibility index (Phi) is 2.84. The van der Waals surface area contributed by atoms with E-state index in [4.69, 9.17) is 0 Å². The number of alkyl halides is 1. The Balaban J connectivity index is 2.35. The van der Waals surface area contributed by atoms with Crippen molar-refractivity contribution in [1.29, 1.82) is 0 Å². The van der Waals surface area contributed by atoms with E-state index >= 15 is 0 Å². The van der Waals surface area contributed by atoms with Crippen LogP contribution in [0.3, 0.4) is 0 Å². The SMILES string of the molecule is CN1CC[N+](C)(CCF)CC1. The van der Waals surface area contributed by atoms with Crippen LogP contribution in [0.15, 0.2) is 0 Å². The zero-order valence-corrected chi connectivity index (χ0v) is 7.52. The number of quaternary nitrogens is 1. The summed E-state index contributed by atoms with van der Waals surface area (Å²) in [6, 6.07) is 0. The second kappa shape index (κ2) is 3.50. The molecular weight excluding hydrogens is 143 g/mol. The average Bonchev–Trinajstić information content (AvgIpc) is 1.97. The summed E-state index contributed by atoms with van der Waals surface area (Å²) < 4.78 is 13.0.